The van der Waals surface area contributed by atoms with E-state index in [4.69, 9.17) is 16.3 Å². The predicted octanol–water partition coefficient (Wildman–Crippen LogP) is 3.44. The molecule has 0 bridgehead atoms. The number of ketones is 1. The number of ether oxygens (including phenoxy) is 1. The van der Waals surface area contributed by atoms with Crippen LogP contribution >= 0.6 is 11.6 Å². The Kier molecular flexibility index (Phi) is 3.68. The highest BCUT2D eigenvalue weighted by molar-refractivity contribution is 6.28. The molecule has 1 saturated heterocycles. The largest absolute Gasteiger partial charge is 0.486 e. The summed E-state index contributed by atoms with van der Waals surface area (Å²) in [4.78, 5) is 23.1. The van der Waals surface area contributed by atoms with E-state index >= 15 is 0 Å². The summed E-state index contributed by atoms with van der Waals surface area (Å²) in [5.41, 5.74) is 1.15. The van der Waals surface area contributed by atoms with E-state index in [0.29, 0.717) is 17.7 Å². The molecule has 0 amide bonds. The number of carbonyl (C=O) groups is 1. The van der Waals surface area contributed by atoms with Crippen molar-refractivity contribution >= 4 is 23.2 Å². The number of halogens is 1. The van der Waals surface area contributed by atoms with E-state index in [9.17, 15) is 4.79 Å². The van der Waals surface area contributed by atoms with Crippen molar-refractivity contribution in [2.24, 2.45) is 0 Å². The Morgan fingerprint density at radius 2 is 1.96 bits per heavy atom. The number of rotatable bonds is 1. The first kappa shape index (κ1) is 15.4. The fourth-order valence-electron chi connectivity index (χ4n) is 3.54. The van der Waals surface area contributed by atoms with Crippen LogP contribution in [0.5, 0.6) is 5.75 Å². The van der Waals surface area contributed by atoms with Crippen LogP contribution in [0.4, 0.5) is 5.82 Å². The number of hydrogen-bond acceptors (Lipinski definition) is 5. The highest BCUT2D eigenvalue weighted by Crippen LogP contribution is 2.39. The van der Waals surface area contributed by atoms with Crippen LogP contribution in [0.3, 0.4) is 0 Å². The third-order valence-corrected chi connectivity index (χ3v) is 4.98. The molecule has 0 aliphatic carbocycles. The molecule has 0 saturated carbocycles. The Bertz CT molecular complexity index is 780. The lowest BCUT2D eigenvalue weighted by Crippen LogP contribution is -2.51. The molecule has 1 spiro atoms. The summed E-state index contributed by atoms with van der Waals surface area (Å²) in [6, 6.07) is 9.44. The van der Waals surface area contributed by atoms with Crippen LogP contribution < -0.4 is 9.64 Å². The van der Waals surface area contributed by atoms with Gasteiger partial charge in [0.05, 0.1) is 12.0 Å². The van der Waals surface area contributed by atoms with Gasteiger partial charge in [-0.05, 0) is 30.7 Å². The number of Topliss-reactive ketones (excluding diaryl/α,β-unsaturated/α-hetero) is 1. The lowest BCUT2D eigenvalue weighted by Gasteiger charge is -2.44. The van der Waals surface area contributed by atoms with Crippen molar-refractivity contribution in [1.29, 1.82) is 0 Å². The molecule has 2 aliphatic rings. The number of hydrogen-bond donors (Lipinski definition) is 0. The fourth-order valence-corrected chi connectivity index (χ4v) is 3.76. The first-order valence-electron chi connectivity index (χ1n) is 8.12. The SMILES string of the molecule is Cc1cc(N2CCC3(CC2)CC(=O)c2ccccc2O3)nc(Cl)n1. The first-order valence-corrected chi connectivity index (χ1v) is 8.50. The van der Waals surface area contributed by atoms with Gasteiger partial charge in [0.25, 0.3) is 0 Å². The van der Waals surface area contributed by atoms with Gasteiger partial charge in [-0.25, -0.2) is 9.97 Å². The number of aryl methyl sites for hydroxylation is 1. The Balaban J connectivity index is 1.53. The third-order valence-electron chi connectivity index (χ3n) is 4.81. The van der Waals surface area contributed by atoms with Crippen LogP contribution in [-0.4, -0.2) is 34.4 Å². The topological polar surface area (TPSA) is 55.3 Å². The fraction of sp³-hybridized carbons (Fsp3) is 0.389. The number of aromatic nitrogens is 2. The zero-order valence-corrected chi connectivity index (χ0v) is 14.2. The number of carbonyl (C=O) groups excluding carboxylic acids is 1. The van der Waals surface area contributed by atoms with Crippen molar-refractivity contribution in [2.45, 2.75) is 31.8 Å². The molecule has 3 heterocycles. The van der Waals surface area contributed by atoms with Gasteiger partial charge in [-0.15, -0.1) is 0 Å². The van der Waals surface area contributed by atoms with Crippen LogP contribution in [0.25, 0.3) is 0 Å². The summed E-state index contributed by atoms with van der Waals surface area (Å²) in [6.07, 6.45) is 2.02. The molecule has 124 valence electrons. The summed E-state index contributed by atoms with van der Waals surface area (Å²) < 4.78 is 6.26. The minimum Gasteiger partial charge on any atom is -0.486 e. The van der Waals surface area contributed by atoms with Gasteiger partial charge >= 0.3 is 0 Å². The van der Waals surface area contributed by atoms with Gasteiger partial charge < -0.3 is 9.64 Å². The molecule has 24 heavy (non-hydrogen) atoms. The van der Waals surface area contributed by atoms with Gasteiger partial charge in [0.15, 0.2) is 5.78 Å². The van der Waals surface area contributed by atoms with Crippen LogP contribution in [0.2, 0.25) is 5.28 Å². The Labute approximate surface area is 145 Å². The Morgan fingerprint density at radius 1 is 1.21 bits per heavy atom. The van der Waals surface area contributed by atoms with Gasteiger partial charge in [-0.1, -0.05) is 12.1 Å². The number of anilines is 1. The van der Waals surface area contributed by atoms with Crippen molar-refractivity contribution in [3.63, 3.8) is 0 Å². The van der Waals surface area contributed by atoms with Crippen molar-refractivity contribution in [1.82, 2.24) is 9.97 Å². The Morgan fingerprint density at radius 3 is 2.71 bits per heavy atom. The molecule has 4 rings (SSSR count). The van der Waals surface area contributed by atoms with Crippen LogP contribution in [0.1, 0.15) is 35.3 Å². The summed E-state index contributed by atoms with van der Waals surface area (Å²) in [5, 5.41) is 0.267. The van der Waals surface area contributed by atoms with Crippen LogP contribution in [-0.2, 0) is 0 Å². The van der Waals surface area contributed by atoms with E-state index in [1.54, 1.807) is 0 Å². The monoisotopic (exact) mass is 343 g/mol. The van der Waals surface area contributed by atoms with E-state index in [1.807, 2.05) is 37.3 Å². The minimum atomic E-state index is -0.395. The molecule has 1 fully saturated rings. The molecule has 2 aliphatic heterocycles. The average Bonchev–Trinajstić information content (AvgIpc) is 2.54. The maximum absolute atomic E-state index is 12.5. The maximum Gasteiger partial charge on any atom is 0.224 e. The molecule has 0 unspecified atom stereocenters. The highest BCUT2D eigenvalue weighted by Gasteiger charge is 2.43. The Hall–Kier alpha value is -2.14. The van der Waals surface area contributed by atoms with Gasteiger partial charge in [0, 0.05) is 37.7 Å². The van der Waals surface area contributed by atoms with Gasteiger partial charge in [-0.3, -0.25) is 4.79 Å². The number of piperidine rings is 1. The number of fused-ring (bicyclic) bond motifs is 1. The third kappa shape index (κ3) is 2.73. The molecule has 6 heteroatoms. The number of para-hydroxylation sites is 1. The zero-order valence-electron chi connectivity index (χ0n) is 13.5. The predicted molar refractivity (Wildman–Crippen MR) is 92.0 cm³/mol. The van der Waals surface area contributed by atoms with E-state index in [0.717, 1.165) is 37.4 Å². The number of benzene rings is 1. The molecule has 0 atom stereocenters. The normalized spacial score (nSPS) is 19.1. The van der Waals surface area contributed by atoms with Crippen molar-refractivity contribution in [3.8, 4) is 5.75 Å². The second-order valence-electron chi connectivity index (χ2n) is 6.50. The number of nitrogens with zero attached hydrogens (tertiary/aromatic N) is 3. The highest BCUT2D eigenvalue weighted by atomic mass is 35.5. The lowest BCUT2D eigenvalue weighted by atomic mass is 9.82. The quantitative estimate of drug-likeness (QED) is 0.742. The van der Waals surface area contributed by atoms with Crippen LogP contribution in [0.15, 0.2) is 30.3 Å². The molecule has 1 aromatic carbocycles. The molecule has 1 aromatic heterocycles. The zero-order chi connectivity index (χ0) is 16.7. The van der Waals surface area contributed by atoms with E-state index in [-0.39, 0.29) is 11.1 Å². The van der Waals surface area contributed by atoms with Crippen molar-refractivity contribution in [3.05, 3.63) is 46.9 Å². The smallest absolute Gasteiger partial charge is 0.224 e. The summed E-state index contributed by atoms with van der Waals surface area (Å²) in [5.74, 6) is 1.72. The van der Waals surface area contributed by atoms with Crippen LogP contribution in [0, 0.1) is 6.92 Å². The summed E-state index contributed by atoms with van der Waals surface area (Å²) in [7, 11) is 0. The molecule has 0 radical (unpaired) electrons. The minimum absolute atomic E-state index is 0.172. The standard InChI is InChI=1S/C18H18ClN3O2/c1-12-10-16(21-17(19)20-12)22-8-6-18(7-9-22)11-14(23)13-4-2-3-5-15(13)24-18/h2-5,10H,6-9,11H2,1H3. The lowest BCUT2D eigenvalue weighted by molar-refractivity contribution is 0.0231. The van der Waals surface area contributed by atoms with E-state index in [1.165, 1.54) is 0 Å². The maximum atomic E-state index is 12.5. The molecular formula is C18H18ClN3O2. The van der Waals surface area contributed by atoms with Gasteiger partial charge in [0.2, 0.25) is 5.28 Å². The summed E-state index contributed by atoms with van der Waals surface area (Å²) in [6.45, 7) is 3.47. The van der Waals surface area contributed by atoms with E-state index in [2.05, 4.69) is 14.9 Å². The first-order chi connectivity index (χ1) is 11.5. The second kappa shape index (κ2) is 5.74. The second-order valence-corrected chi connectivity index (χ2v) is 6.84. The van der Waals surface area contributed by atoms with Gasteiger partial charge in [0.1, 0.15) is 17.2 Å². The average molecular weight is 344 g/mol. The molecule has 5 nitrogen and oxygen atoms in total. The summed E-state index contributed by atoms with van der Waals surface area (Å²) >= 11 is 5.97. The molecule has 2 aromatic rings. The molecular weight excluding hydrogens is 326 g/mol. The van der Waals surface area contributed by atoms with Gasteiger partial charge in [-0.2, -0.15) is 0 Å². The van der Waals surface area contributed by atoms with E-state index < -0.39 is 5.60 Å². The molecule has 0 N–H and O–H groups in total. The van der Waals surface area contributed by atoms with Crippen molar-refractivity contribution in [2.75, 3.05) is 18.0 Å². The van der Waals surface area contributed by atoms with Crippen molar-refractivity contribution < 1.29 is 9.53 Å².